The highest BCUT2D eigenvalue weighted by atomic mass is 16.6. The normalized spacial score (nSPS) is 26.5. The average molecular weight is 260 g/mol. The second-order valence-electron chi connectivity index (χ2n) is 4.01. The van der Waals surface area contributed by atoms with Gasteiger partial charge in [0.1, 0.15) is 12.7 Å². The second-order valence-corrected chi connectivity index (χ2v) is 4.01. The van der Waals surface area contributed by atoms with Crippen molar-refractivity contribution in [1.82, 2.24) is 0 Å². The molecule has 0 amide bonds. The van der Waals surface area contributed by atoms with Crippen molar-refractivity contribution in [1.29, 1.82) is 0 Å². The molecule has 7 heteroatoms. The van der Waals surface area contributed by atoms with E-state index in [4.69, 9.17) is 14.2 Å². The zero-order chi connectivity index (χ0) is 13.8. The number of methoxy groups -OCH3 is 1. The van der Waals surface area contributed by atoms with Crippen LogP contribution in [-0.2, 0) is 33.3 Å². The number of hydrogen-bond donors (Lipinski definition) is 0. The zero-order valence-corrected chi connectivity index (χ0v) is 10.6. The van der Waals surface area contributed by atoms with Crippen molar-refractivity contribution in [3.63, 3.8) is 0 Å². The molecule has 1 heterocycles. The van der Waals surface area contributed by atoms with Crippen LogP contribution in [0, 0.1) is 0 Å². The average Bonchev–Trinajstić information content (AvgIpc) is 2.69. The first-order chi connectivity index (χ1) is 8.39. The van der Waals surface area contributed by atoms with E-state index in [0.29, 0.717) is 0 Å². The third kappa shape index (κ3) is 3.43. The molecule has 0 bridgehead atoms. The van der Waals surface area contributed by atoms with Crippen molar-refractivity contribution in [3.05, 3.63) is 0 Å². The van der Waals surface area contributed by atoms with Gasteiger partial charge in [-0.25, -0.2) is 4.79 Å². The van der Waals surface area contributed by atoms with Gasteiger partial charge in [-0.2, -0.15) is 0 Å². The molecule has 0 spiro atoms. The maximum atomic E-state index is 11.7. The largest absolute Gasteiger partial charge is 0.467 e. The van der Waals surface area contributed by atoms with Crippen LogP contribution in [0.1, 0.15) is 20.3 Å². The summed E-state index contributed by atoms with van der Waals surface area (Å²) in [6.45, 7) is 2.30. The van der Waals surface area contributed by atoms with Crippen LogP contribution < -0.4 is 0 Å². The summed E-state index contributed by atoms with van der Waals surface area (Å²) in [5.74, 6) is -1.65. The third-order valence-corrected chi connectivity index (χ3v) is 2.50. The lowest BCUT2D eigenvalue weighted by atomic mass is 10.0. The van der Waals surface area contributed by atoms with Crippen LogP contribution in [-0.4, -0.2) is 49.9 Å². The SMILES string of the molecule is COC(=O)[C@]1(COC(C)=O)C[C@H](OC(C)=O)CO1. The monoisotopic (exact) mass is 260 g/mol. The van der Waals surface area contributed by atoms with Crippen LogP contribution in [0.25, 0.3) is 0 Å². The summed E-state index contributed by atoms with van der Waals surface area (Å²) < 4.78 is 19.7. The van der Waals surface area contributed by atoms with Crippen LogP contribution >= 0.6 is 0 Å². The molecule has 0 aromatic rings. The van der Waals surface area contributed by atoms with E-state index in [1.54, 1.807) is 0 Å². The number of carbonyl (C=O) groups excluding carboxylic acids is 3. The molecule has 102 valence electrons. The highest BCUT2D eigenvalue weighted by molar-refractivity contribution is 5.81. The first-order valence-corrected chi connectivity index (χ1v) is 5.42. The van der Waals surface area contributed by atoms with E-state index in [1.807, 2.05) is 0 Å². The van der Waals surface area contributed by atoms with Crippen LogP contribution in [0.4, 0.5) is 0 Å². The summed E-state index contributed by atoms with van der Waals surface area (Å²) in [4.78, 5) is 33.3. The lowest BCUT2D eigenvalue weighted by Crippen LogP contribution is -2.44. The molecule has 0 unspecified atom stereocenters. The molecule has 0 saturated carbocycles. The Morgan fingerprint density at radius 3 is 2.44 bits per heavy atom. The highest BCUT2D eigenvalue weighted by Gasteiger charge is 2.50. The summed E-state index contributed by atoms with van der Waals surface area (Å²) in [6.07, 6.45) is -0.441. The Balaban J connectivity index is 2.72. The van der Waals surface area contributed by atoms with Gasteiger partial charge >= 0.3 is 17.9 Å². The molecule has 1 rings (SSSR count). The maximum absolute atomic E-state index is 11.7. The van der Waals surface area contributed by atoms with Gasteiger partial charge in [0.2, 0.25) is 5.60 Å². The molecule has 0 aromatic carbocycles. The number of rotatable bonds is 4. The fraction of sp³-hybridized carbons (Fsp3) is 0.727. The molecular formula is C11H16O7. The highest BCUT2D eigenvalue weighted by Crippen LogP contribution is 2.29. The fourth-order valence-corrected chi connectivity index (χ4v) is 1.75. The summed E-state index contributed by atoms with van der Waals surface area (Å²) in [5.41, 5.74) is -1.39. The molecule has 1 aliphatic rings. The number of carbonyl (C=O) groups is 3. The molecule has 0 aliphatic carbocycles. The molecule has 0 radical (unpaired) electrons. The second kappa shape index (κ2) is 5.81. The summed E-state index contributed by atoms with van der Waals surface area (Å²) in [7, 11) is 1.21. The molecule has 2 atom stereocenters. The molecule has 1 aliphatic heterocycles. The van der Waals surface area contributed by atoms with Crippen LogP contribution in [0.3, 0.4) is 0 Å². The van der Waals surface area contributed by atoms with Gasteiger partial charge in [-0.1, -0.05) is 0 Å². The standard InChI is InChI=1S/C11H16O7/c1-7(12)16-6-11(10(14)15-3)4-9(5-17-11)18-8(2)13/h9H,4-6H2,1-3H3/t9-,11+/m0/s1. The van der Waals surface area contributed by atoms with E-state index in [9.17, 15) is 14.4 Å². The van der Waals surface area contributed by atoms with E-state index in [1.165, 1.54) is 21.0 Å². The quantitative estimate of drug-likeness (QED) is 0.511. The first-order valence-electron chi connectivity index (χ1n) is 5.42. The van der Waals surface area contributed by atoms with Crippen molar-refractivity contribution < 1.29 is 33.3 Å². The lowest BCUT2D eigenvalue weighted by Gasteiger charge is -2.24. The molecule has 1 saturated heterocycles. The van der Waals surface area contributed by atoms with E-state index < -0.39 is 29.6 Å². The number of ether oxygens (including phenoxy) is 4. The summed E-state index contributed by atoms with van der Waals surface area (Å²) >= 11 is 0. The van der Waals surface area contributed by atoms with Crippen LogP contribution in [0.15, 0.2) is 0 Å². The minimum Gasteiger partial charge on any atom is -0.467 e. The Kier molecular flexibility index (Phi) is 4.66. The Labute approximate surface area is 104 Å². The Morgan fingerprint density at radius 2 is 1.94 bits per heavy atom. The van der Waals surface area contributed by atoms with E-state index in [2.05, 4.69) is 4.74 Å². The Bertz CT molecular complexity index is 351. The van der Waals surface area contributed by atoms with E-state index in [-0.39, 0.29) is 19.6 Å². The smallest absolute Gasteiger partial charge is 0.341 e. The van der Waals surface area contributed by atoms with Crippen LogP contribution in [0.5, 0.6) is 0 Å². The van der Waals surface area contributed by atoms with Gasteiger partial charge in [-0.05, 0) is 0 Å². The lowest BCUT2D eigenvalue weighted by molar-refractivity contribution is -0.174. The topological polar surface area (TPSA) is 88.1 Å². The molecule has 1 fully saturated rings. The van der Waals surface area contributed by atoms with E-state index in [0.717, 1.165) is 0 Å². The molecule has 0 aromatic heterocycles. The number of hydrogen-bond acceptors (Lipinski definition) is 7. The Hall–Kier alpha value is -1.63. The van der Waals surface area contributed by atoms with Gasteiger partial charge < -0.3 is 18.9 Å². The predicted octanol–water partition coefficient (Wildman–Crippen LogP) is -0.187. The molecule has 0 N–H and O–H groups in total. The van der Waals surface area contributed by atoms with Gasteiger partial charge in [0, 0.05) is 20.3 Å². The predicted molar refractivity (Wildman–Crippen MR) is 57.5 cm³/mol. The van der Waals surface area contributed by atoms with Crippen molar-refractivity contribution in [2.75, 3.05) is 20.3 Å². The Morgan fingerprint density at radius 1 is 1.28 bits per heavy atom. The first kappa shape index (κ1) is 14.4. The van der Waals surface area contributed by atoms with Gasteiger partial charge in [0.15, 0.2) is 0 Å². The van der Waals surface area contributed by atoms with Crippen molar-refractivity contribution >= 4 is 17.9 Å². The van der Waals surface area contributed by atoms with Crippen molar-refractivity contribution in [2.45, 2.75) is 32.0 Å². The number of esters is 3. The minimum atomic E-state index is -1.39. The van der Waals surface area contributed by atoms with Gasteiger partial charge in [0.25, 0.3) is 0 Å². The summed E-state index contributed by atoms with van der Waals surface area (Å²) in [5, 5.41) is 0. The minimum absolute atomic E-state index is 0.0654. The van der Waals surface area contributed by atoms with E-state index >= 15 is 0 Å². The van der Waals surface area contributed by atoms with Crippen molar-refractivity contribution in [2.24, 2.45) is 0 Å². The van der Waals surface area contributed by atoms with Crippen LogP contribution in [0.2, 0.25) is 0 Å². The summed E-state index contributed by atoms with van der Waals surface area (Å²) in [6, 6.07) is 0. The zero-order valence-electron chi connectivity index (χ0n) is 10.6. The fourth-order valence-electron chi connectivity index (χ4n) is 1.75. The molecular weight excluding hydrogens is 244 g/mol. The van der Waals surface area contributed by atoms with Gasteiger partial charge in [-0.15, -0.1) is 0 Å². The molecule has 18 heavy (non-hydrogen) atoms. The third-order valence-electron chi connectivity index (χ3n) is 2.50. The van der Waals surface area contributed by atoms with Gasteiger partial charge in [-0.3, -0.25) is 9.59 Å². The maximum Gasteiger partial charge on any atom is 0.341 e. The molecule has 7 nitrogen and oxygen atoms in total. The van der Waals surface area contributed by atoms with Crippen molar-refractivity contribution in [3.8, 4) is 0 Å². The van der Waals surface area contributed by atoms with Gasteiger partial charge in [0.05, 0.1) is 13.7 Å².